The first-order valence-corrected chi connectivity index (χ1v) is 17.4. The van der Waals surface area contributed by atoms with Crippen molar-refractivity contribution in [2.45, 2.75) is 25.8 Å². The third-order valence-corrected chi connectivity index (χ3v) is 10.6. The molecule has 6 amide bonds. The molecule has 0 radical (unpaired) electrons. The lowest BCUT2D eigenvalue weighted by Gasteiger charge is -2.44. The highest BCUT2D eigenvalue weighted by Crippen LogP contribution is 2.35. The quantitative estimate of drug-likeness (QED) is 0.202. The highest BCUT2D eigenvalue weighted by molar-refractivity contribution is 6.35. The molecule has 15 heteroatoms. The van der Waals surface area contributed by atoms with Crippen LogP contribution >= 0.6 is 0 Å². The summed E-state index contributed by atoms with van der Waals surface area (Å²) in [5.41, 5.74) is 4.84. The van der Waals surface area contributed by atoms with Crippen molar-refractivity contribution in [2.24, 2.45) is 5.92 Å². The largest absolute Gasteiger partial charge is 0.371 e. The lowest BCUT2D eigenvalue weighted by molar-refractivity contribution is -0.136. The second-order valence-corrected chi connectivity index (χ2v) is 14.0. The first-order valence-electron chi connectivity index (χ1n) is 17.4. The van der Waals surface area contributed by atoms with E-state index in [0.29, 0.717) is 34.1 Å². The van der Waals surface area contributed by atoms with E-state index in [-0.39, 0.29) is 42.3 Å². The number of imide groups is 2. The number of piperidine rings is 1. The van der Waals surface area contributed by atoms with Crippen LogP contribution in [0.25, 0.3) is 11.6 Å². The van der Waals surface area contributed by atoms with Gasteiger partial charge in [-0.3, -0.25) is 43.9 Å². The summed E-state index contributed by atoms with van der Waals surface area (Å²) in [7, 11) is 0. The Hall–Kier alpha value is -5.67. The number of carbonyl (C=O) groups is 6. The summed E-state index contributed by atoms with van der Waals surface area (Å²) in [5.74, 6) is -2.49. The molecule has 268 valence electrons. The third kappa shape index (κ3) is 6.15. The Kier molecular flexibility index (Phi) is 8.46. The number of anilines is 3. The van der Waals surface area contributed by atoms with Crippen LogP contribution in [0.2, 0.25) is 0 Å². The standard InChI is InChI=1S/C37H37FN8O6/c1-20-29(14-26-25-12-22(38)2-5-28(25)41-34(26)49)39-15-30(20)40-33(48)19-44-10-8-43(9-11-44)16-21-17-45(18-21)23-3-4-24-27(13-23)37(52)46(36(24)51)31-6-7-32(47)42-35(31)50/h2-5,12-15,21,31,39H,6-11,16-19H2,1H3,(H,40,48)(H,41,49)(H,42,47,50)/b26-14-. The molecule has 3 aromatic rings. The molecule has 0 saturated carbocycles. The summed E-state index contributed by atoms with van der Waals surface area (Å²) in [6, 6.07) is 8.38. The van der Waals surface area contributed by atoms with Gasteiger partial charge in [-0.05, 0) is 61.4 Å². The molecule has 5 aliphatic heterocycles. The van der Waals surface area contributed by atoms with Gasteiger partial charge in [-0.1, -0.05) is 0 Å². The zero-order valence-electron chi connectivity index (χ0n) is 28.5. The monoisotopic (exact) mass is 708 g/mol. The third-order valence-electron chi connectivity index (χ3n) is 10.6. The predicted molar refractivity (Wildman–Crippen MR) is 189 cm³/mol. The van der Waals surface area contributed by atoms with Gasteiger partial charge in [-0.25, -0.2) is 4.39 Å². The van der Waals surface area contributed by atoms with Crippen LogP contribution < -0.4 is 20.9 Å². The van der Waals surface area contributed by atoms with Crippen molar-refractivity contribution in [1.29, 1.82) is 0 Å². The maximum atomic E-state index is 13.8. The number of nitrogens with one attached hydrogen (secondary N) is 4. The Labute approximate surface area is 298 Å². The zero-order chi connectivity index (χ0) is 36.3. The number of hydrogen-bond acceptors (Lipinski definition) is 9. The number of fused-ring (bicyclic) bond motifs is 2. The van der Waals surface area contributed by atoms with Crippen LogP contribution in [0.15, 0.2) is 42.6 Å². The molecule has 6 heterocycles. The number of halogens is 1. The van der Waals surface area contributed by atoms with Crippen molar-refractivity contribution in [1.82, 2.24) is 25.0 Å². The fraction of sp³-hybridized carbons (Fsp3) is 0.351. The summed E-state index contributed by atoms with van der Waals surface area (Å²) >= 11 is 0. The van der Waals surface area contributed by atoms with Crippen molar-refractivity contribution in [3.05, 3.63) is 76.4 Å². The van der Waals surface area contributed by atoms with Crippen molar-refractivity contribution in [2.75, 3.05) is 67.9 Å². The molecule has 1 aromatic heterocycles. The first kappa shape index (κ1) is 33.5. The number of hydrogen-bond donors (Lipinski definition) is 4. The number of rotatable bonds is 8. The molecule has 52 heavy (non-hydrogen) atoms. The average molecular weight is 709 g/mol. The molecule has 0 spiro atoms. The Bertz CT molecular complexity index is 2080. The van der Waals surface area contributed by atoms with Crippen LogP contribution in [-0.4, -0.2) is 114 Å². The maximum absolute atomic E-state index is 13.8. The number of aromatic amines is 1. The minimum Gasteiger partial charge on any atom is -0.371 e. The van der Waals surface area contributed by atoms with Gasteiger partial charge in [-0.15, -0.1) is 0 Å². The van der Waals surface area contributed by atoms with Crippen molar-refractivity contribution in [3.63, 3.8) is 0 Å². The predicted octanol–water partition coefficient (Wildman–Crippen LogP) is 2.05. The molecule has 1 atom stereocenters. The number of piperazine rings is 1. The highest BCUT2D eigenvalue weighted by atomic mass is 19.1. The van der Waals surface area contributed by atoms with Gasteiger partial charge in [0.1, 0.15) is 11.9 Å². The van der Waals surface area contributed by atoms with Crippen molar-refractivity contribution < 1.29 is 33.2 Å². The molecular formula is C37H37FN8O6. The van der Waals surface area contributed by atoms with Crippen molar-refractivity contribution >= 4 is 64.2 Å². The molecule has 8 rings (SSSR count). The zero-order valence-corrected chi connectivity index (χ0v) is 28.5. The van der Waals surface area contributed by atoms with Crippen LogP contribution in [0.3, 0.4) is 0 Å². The van der Waals surface area contributed by atoms with E-state index in [1.807, 2.05) is 13.0 Å². The minimum atomic E-state index is -0.987. The van der Waals surface area contributed by atoms with Gasteiger partial charge in [0.05, 0.1) is 28.9 Å². The number of nitrogens with zero attached hydrogens (tertiary/aromatic N) is 4. The fourth-order valence-electron chi connectivity index (χ4n) is 7.68. The van der Waals surface area contributed by atoms with Gasteiger partial charge in [0.25, 0.3) is 17.7 Å². The second-order valence-electron chi connectivity index (χ2n) is 14.0. The molecule has 3 saturated heterocycles. The van der Waals surface area contributed by atoms with Gasteiger partial charge in [-0.2, -0.15) is 0 Å². The SMILES string of the molecule is Cc1c(NC(=O)CN2CCN(CC3CN(c4ccc5c(c4)C(=O)N(C4CCC(=O)NC4=O)C5=O)C3)CC2)c[nH]c1/C=C1\C(=O)Nc2ccc(F)cc21. The minimum absolute atomic E-state index is 0.0782. The Morgan fingerprint density at radius 3 is 2.44 bits per heavy atom. The first-order chi connectivity index (χ1) is 25.0. The lowest BCUT2D eigenvalue weighted by atomic mass is 9.97. The molecule has 1 unspecified atom stereocenters. The lowest BCUT2D eigenvalue weighted by Crippen LogP contribution is -2.55. The van der Waals surface area contributed by atoms with E-state index in [4.69, 9.17) is 0 Å². The van der Waals surface area contributed by atoms with Crippen LogP contribution in [0.1, 0.15) is 50.4 Å². The van der Waals surface area contributed by atoms with Crippen LogP contribution in [-0.2, 0) is 19.2 Å². The second kappa shape index (κ2) is 13.1. The van der Waals surface area contributed by atoms with Gasteiger partial charge >= 0.3 is 0 Å². The number of benzene rings is 2. The smallest absolute Gasteiger partial charge is 0.262 e. The van der Waals surface area contributed by atoms with Crippen molar-refractivity contribution in [3.8, 4) is 0 Å². The van der Waals surface area contributed by atoms with E-state index in [2.05, 4.69) is 35.6 Å². The number of carbonyl (C=O) groups excluding carboxylic acids is 6. The topological polar surface area (TPSA) is 167 Å². The normalized spacial score (nSPS) is 21.7. The summed E-state index contributed by atoms with van der Waals surface area (Å²) in [6.45, 7) is 7.81. The number of amides is 6. The molecular weight excluding hydrogens is 671 g/mol. The highest BCUT2D eigenvalue weighted by Gasteiger charge is 2.45. The fourth-order valence-corrected chi connectivity index (χ4v) is 7.68. The van der Waals surface area contributed by atoms with E-state index >= 15 is 0 Å². The van der Waals surface area contributed by atoms with E-state index < -0.39 is 35.5 Å². The van der Waals surface area contributed by atoms with E-state index in [1.54, 1.807) is 24.4 Å². The molecule has 14 nitrogen and oxygen atoms in total. The summed E-state index contributed by atoms with van der Waals surface area (Å²) in [5, 5.41) is 7.94. The average Bonchev–Trinajstić information content (AvgIpc) is 3.69. The van der Waals surface area contributed by atoms with Crippen LogP contribution in [0, 0.1) is 18.7 Å². The van der Waals surface area contributed by atoms with Gasteiger partial charge in [0.15, 0.2) is 0 Å². The molecule has 5 aliphatic rings. The van der Waals surface area contributed by atoms with E-state index in [9.17, 15) is 33.2 Å². The van der Waals surface area contributed by atoms with Gasteiger partial charge < -0.3 is 25.4 Å². The van der Waals surface area contributed by atoms with E-state index in [1.165, 1.54) is 18.2 Å². The molecule has 0 aliphatic carbocycles. The van der Waals surface area contributed by atoms with E-state index in [0.717, 1.165) is 62.0 Å². The summed E-state index contributed by atoms with van der Waals surface area (Å²) in [4.78, 5) is 86.5. The Balaban J connectivity index is 0.793. The summed E-state index contributed by atoms with van der Waals surface area (Å²) in [6.07, 6.45) is 3.56. The number of H-pyrrole nitrogens is 1. The van der Waals surface area contributed by atoms with Gasteiger partial charge in [0.2, 0.25) is 17.7 Å². The molecule has 3 fully saturated rings. The molecule has 4 N–H and O–H groups in total. The van der Waals surface area contributed by atoms with Crippen LogP contribution in [0.4, 0.5) is 21.5 Å². The Morgan fingerprint density at radius 1 is 0.923 bits per heavy atom. The van der Waals surface area contributed by atoms with Gasteiger partial charge in [0, 0.05) is 87.0 Å². The number of aromatic nitrogens is 1. The van der Waals surface area contributed by atoms with Crippen LogP contribution in [0.5, 0.6) is 0 Å². The summed E-state index contributed by atoms with van der Waals surface area (Å²) < 4.78 is 13.8. The maximum Gasteiger partial charge on any atom is 0.262 e. The Morgan fingerprint density at radius 2 is 1.67 bits per heavy atom. The molecule has 0 bridgehead atoms. The molecule has 2 aromatic carbocycles.